The summed E-state index contributed by atoms with van der Waals surface area (Å²) in [7, 11) is 0. The number of amides is 2. The zero-order valence-electron chi connectivity index (χ0n) is 16.0. The molecule has 2 amide bonds. The summed E-state index contributed by atoms with van der Waals surface area (Å²) in [4.78, 5) is 32.9. The third-order valence-electron chi connectivity index (χ3n) is 6.09. The lowest BCUT2D eigenvalue weighted by Crippen LogP contribution is -2.26. The van der Waals surface area contributed by atoms with Crippen molar-refractivity contribution < 1.29 is 9.59 Å². The SMILES string of the molecule is O=C1CC(=Cc2cnn3c(NC4CC4)nc(NC(C4CC4)C4CC4)nc23)C(=O)N1. The maximum absolute atomic E-state index is 12.0. The predicted molar refractivity (Wildman–Crippen MR) is 106 cm³/mol. The molecule has 3 heterocycles. The molecule has 3 saturated carbocycles. The molecule has 29 heavy (non-hydrogen) atoms. The smallest absolute Gasteiger partial charge is 0.254 e. The number of aromatic nitrogens is 4. The lowest BCUT2D eigenvalue weighted by molar-refractivity contribution is -0.124. The number of carbonyl (C=O) groups is 2. The van der Waals surface area contributed by atoms with E-state index >= 15 is 0 Å². The van der Waals surface area contributed by atoms with E-state index in [9.17, 15) is 9.59 Å². The highest BCUT2D eigenvalue weighted by Gasteiger charge is 2.42. The van der Waals surface area contributed by atoms with Crippen LogP contribution in [0.1, 0.15) is 50.5 Å². The predicted octanol–water partition coefficient (Wildman–Crippen LogP) is 1.73. The van der Waals surface area contributed by atoms with Crippen molar-refractivity contribution in [3.8, 4) is 0 Å². The minimum atomic E-state index is -0.347. The third kappa shape index (κ3) is 3.34. The second kappa shape index (κ2) is 6.27. The Morgan fingerprint density at radius 2 is 1.86 bits per heavy atom. The molecule has 2 aromatic heterocycles. The van der Waals surface area contributed by atoms with Crippen molar-refractivity contribution in [1.82, 2.24) is 24.9 Å². The van der Waals surface area contributed by atoms with Crippen LogP contribution in [-0.2, 0) is 9.59 Å². The van der Waals surface area contributed by atoms with E-state index in [4.69, 9.17) is 9.97 Å². The van der Waals surface area contributed by atoms with Crippen LogP contribution in [0, 0.1) is 11.8 Å². The number of anilines is 2. The van der Waals surface area contributed by atoms with Crippen molar-refractivity contribution >= 4 is 35.4 Å². The second-order valence-corrected chi connectivity index (χ2v) is 8.69. The van der Waals surface area contributed by atoms with E-state index in [-0.39, 0.29) is 18.2 Å². The first-order valence-corrected chi connectivity index (χ1v) is 10.5. The van der Waals surface area contributed by atoms with Gasteiger partial charge in [0, 0.05) is 23.2 Å². The average Bonchev–Trinajstić information content (AvgIpc) is 3.56. The molecule has 0 unspecified atom stereocenters. The molecule has 2 aromatic rings. The molecule has 0 radical (unpaired) electrons. The fraction of sp³-hybridized carbons (Fsp3) is 0.550. The molecule has 0 bridgehead atoms. The highest BCUT2D eigenvalue weighted by molar-refractivity contribution is 6.15. The van der Waals surface area contributed by atoms with Gasteiger partial charge in [-0.05, 0) is 56.4 Å². The van der Waals surface area contributed by atoms with Crippen molar-refractivity contribution in [3.05, 3.63) is 17.3 Å². The van der Waals surface area contributed by atoms with Crippen molar-refractivity contribution in [2.24, 2.45) is 11.8 Å². The van der Waals surface area contributed by atoms with E-state index in [1.165, 1.54) is 25.7 Å². The van der Waals surface area contributed by atoms with Gasteiger partial charge in [-0.2, -0.15) is 19.6 Å². The normalized spacial score (nSPS) is 23.3. The molecule has 4 aliphatic rings. The Kier molecular flexibility index (Phi) is 3.66. The maximum Gasteiger partial charge on any atom is 0.254 e. The van der Waals surface area contributed by atoms with Crippen molar-refractivity contribution in [2.45, 2.75) is 57.0 Å². The van der Waals surface area contributed by atoms with Crippen LogP contribution < -0.4 is 16.0 Å². The van der Waals surface area contributed by atoms with Crippen LogP contribution in [0.15, 0.2) is 11.8 Å². The number of nitrogens with zero attached hydrogens (tertiary/aromatic N) is 4. The second-order valence-electron chi connectivity index (χ2n) is 8.69. The molecule has 150 valence electrons. The molecular weight excluding hydrogens is 370 g/mol. The minimum absolute atomic E-state index is 0.0883. The summed E-state index contributed by atoms with van der Waals surface area (Å²) in [5.74, 6) is 2.10. The van der Waals surface area contributed by atoms with Gasteiger partial charge >= 0.3 is 0 Å². The molecule has 0 atom stereocenters. The van der Waals surface area contributed by atoms with Gasteiger partial charge in [0.15, 0.2) is 5.65 Å². The molecule has 1 aliphatic heterocycles. The first kappa shape index (κ1) is 16.9. The summed E-state index contributed by atoms with van der Waals surface area (Å²) in [6, 6.07) is 0.863. The molecule has 3 N–H and O–H groups in total. The van der Waals surface area contributed by atoms with Crippen LogP contribution >= 0.6 is 0 Å². The standard InChI is InChI=1S/C20H23N7O2/c28-15-8-12(18(29)23-15)7-13-9-21-27-17(13)25-19(26-20(27)22-14-5-6-14)24-16(10-1-2-10)11-3-4-11/h7,9-11,14,16H,1-6,8H2,(H,23,28,29)(H2,22,24,25,26). The number of carbonyl (C=O) groups excluding carboxylic acids is 2. The van der Waals surface area contributed by atoms with Gasteiger partial charge in [-0.1, -0.05) is 0 Å². The summed E-state index contributed by atoms with van der Waals surface area (Å²) in [5.41, 5.74) is 1.78. The van der Waals surface area contributed by atoms with Gasteiger partial charge in [-0.3, -0.25) is 14.9 Å². The number of rotatable bonds is 7. The topological polar surface area (TPSA) is 113 Å². The molecule has 1 saturated heterocycles. The van der Waals surface area contributed by atoms with Gasteiger partial charge in [0.05, 0.1) is 12.6 Å². The summed E-state index contributed by atoms with van der Waals surface area (Å²) in [6.07, 6.45) is 10.8. The molecule has 0 aromatic carbocycles. The van der Waals surface area contributed by atoms with Gasteiger partial charge in [-0.15, -0.1) is 0 Å². The first-order valence-electron chi connectivity index (χ1n) is 10.5. The minimum Gasteiger partial charge on any atom is -0.351 e. The van der Waals surface area contributed by atoms with Gasteiger partial charge in [0.1, 0.15) is 0 Å². The Bertz CT molecular complexity index is 1030. The Labute approximate surface area is 167 Å². The molecular formula is C20H23N7O2. The van der Waals surface area contributed by atoms with Gasteiger partial charge in [0.2, 0.25) is 17.8 Å². The lowest BCUT2D eigenvalue weighted by Gasteiger charge is -2.18. The van der Waals surface area contributed by atoms with Crippen LogP contribution in [0.3, 0.4) is 0 Å². The largest absolute Gasteiger partial charge is 0.351 e. The Hall–Kier alpha value is -2.97. The lowest BCUT2D eigenvalue weighted by atomic mass is 10.1. The van der Waals surface area contributed by atoms with E-state index in [1.54, 1.807) is 16.8 Å². The van der Waals surface area contributed by atoms with Crippen LogP contribution in [0.4, 0.5) is 11.9 Å². The third-order valence-corrected chi connectivity index (χ3v) is 6.09. The number of fused-ring (bicyclic) bond motifs is 1. The average molecular weight is 393 g/mol. The zero-order chi connectivity index (χ0) is 19.5. The highest BCUT2D eigenvalue weighted by atomic mass is 16.2. The van der Waals surface area contributed by atoms with Gasteiger partial charge in [0.25, 0.3) is 5.91 Å². The van der Waals surface area contributed by atoms with Gasteiger partial charge < -0.3 is 10.6 Å². The van der Waals surface area contributed by atoms with Crippen LogP contribution in [-0.4, -0.2) is 43.5 Å². The molecule has 3 aliphatic carbocycles. The van der Waals surface area contributed by atoms with E-state index in [2.05, 4.69) is 21.0 Å². The quantitative estimate of drug-likeness (QED) is 0.485. The van der Waals surface area contributed by atoms with Gasteiger partial charge in [-0.25, -0.2) is 0 Å². The Balaban J connectivity index is 1.39. The molecule has 9 heteroatoms. The fourth-order valence-electron chi connectivity index (χ4n) is 4.05. The van der Waals surface area contributed by atoms with E-state index in [0.29, 0.717) is 40.8 Å². The summed E-state index contributed by atoms with van der Waals surface area (Å²) in [5, 5.41) is 13.8. The Morgan fingerprint density at radius 1 is 1.10 bits per heavy atom. The fourth-order valence-corrected chi connectivity index (χ4v) is 4.05. The first-order chi connectivity index (χ1) is 14.1. The maximum atomic E-state index is 12.0. The number of imide groups is 1. The Morgan fingerprint density at radius 3 is 2.48 bits per heavy atom. The molecule has 6 rings (SSSR count). The van der Waals surface area contributed by atoms with E-state index in [0.717, 1.165) is 24.7 Å². The van der Waals surface area contributed by atoms with Crippen molar-refractivity contribution in [3.63, 3.8) is 0 Å². The van der Waals surface area contributed by atoms with Crippen molar-refractivity contribution in [1.29, 1.82) is 0 Å². The molecule has 0 spiro atoms. The van der Waals surface area contributed by atoms with Crippen LogP contribution in [0.25, 0.3) is 11.7 Å². The summed E-state index contributed by atoms with van der Waals surface area (Å²) < 4.78 is 1.69. The van der Waals surface area contributed by atoms with E-state index < -0.39 is 0 Å². The highest BCUT2D eigenvalue weighted by Crippen LogP contribution is 2.45. The van der Waals surface area contributed by atoms with E-state index in [1.807, 2.05) is 0 Å². The molecule has 9 nitrogen and oxygen atoms in total. The zero-order valence-corrected chi connectivity index (χ0v) is 16.0. The summed E-state index contributed by atoms with van der Waals surface area (Å²) >= 11 is 0. The number of hydrogen-bond acceptors (Lipinski definition) is 7. The number of nitrogens with one attached hydrogen (secondary N) is 3. The van der Waals surface area contributed by atoms with Crippen LogP contribution in [0.2, 0.25) is 0 Å². The monoisotopic (exact) mass is 393 g/mol. The molecule has 4 fully saturated rings. The van der Waals surface area contributed by atoms with Crippen LogP contribution in [0.5, 0.6) is 0 Å². The van der Waals surface area contributed by atoms with Crippen molar-refractivity contribution in [2.75, 3.05) is 10.6 Å². The summed E-state index contributed by atoms with van der Waals surface area (Å²) in [6.45, 7) is 0. The number of hydrogen-bond donors (Lipinski definition) is 3.